The first kappa shape index (κ1) is 19.3. The van der Waals surface area contributed by atoms with Crippen LogP contribution in [0.4, 0.5) is 0 Å². The van der Waals surface area contributed by atoms with Crippen molar-refractivity contribution in [3.63, 3.8) is 0 Å². The first-order valence-electron chi connectivity index (χ1n) is 9.74. The number of fused-ring (bicyclic) bond motifs is 1. The summed E-state index contributed by atoms with van der Waals surface area (Å²) >= 11 is 0. The number of ether oxygens (including phenoxy) is 1. The molecule has 0 saturated carbocycles. The molecule has 0 atom stereocenters. The second-order valence-corrected chi connectivity index (χ2v) is 7.21. The van der Waals surface area contributed by atoms with Gasteiger partial charge in [0, 0.05) is 38.6 Å². The molecule has 1 aliphatic heterocycles. The molecule has 0 spiro atoms. The van der Waals surface area contributed by atoms with Crippen molar-refractivity contribution < 1.29 is 9.53 Å². The van der Waals surface area contributed by atoms with E-state index in [4.69, 9.17) is 4.74 Å². The van der Waals surface area contributed by atoms with Gasteiger partial charge in [-0.25, -0.2) is 4.68 Å². The number of rotatable bonds is 5. The van der Waals surface area contributed by atoms with E-state index in [0.717, 1.165) is 38.4 Å². The Morgan fingerprint density at radius 2 is 1.69 bits per heavy atom. The van der Waals surface area contributed by atoms with E-state index in [1.807, 2.05) is 12.1 Å². The lowest BCUT2D eigenvalue weighted by Crippen LogP contribution is -2.35. The fourth-order valence-corrected chi connectivity index (χ4v) is 3.51. The van der Waals surface area contributed by atoms with Crippen molar-refractivity contribution in [1.29, 1.82) is 0 Å². The molecule has 3 aromatic rings. The molecular weight excluding hydrogens is 368 g/mol. The molecular formula is C22H24N4O3. The van der Waals surface area contributed by atoms with Crippen LogP contribution in [-0.2, 0) is 24.9 Å². The predicted molar refractivity (Wildman–Crippen MR) is 111 cm³/mol. The molecule has 1 aliphatic rings. The van der Waals surface area contributed by atoms with E-state index in [1.54, 1.807) is 31.3 Å². The number of carbonyl (C=O) groups excluding carboxylic acids is 1. The van der Waals surface area contributed by atoms with E-state index >= 15 is 0 Å². The van der Waals surface area contributed by atoms with E-state index in [2.05, 4.69) is 27.4 Å². The van der Waals surface area contributed by atoms with Crippen LogP contribution in [0, 0.1) is 0 Å². The van der Waals surface area contributed by atoms with Gasteiger partial charge in [0.1, 0.15) is 0 Å². The summed E-state index contributed by atoms with van der Waals surface area (Å²) in [6.07, 6.45) is 0. The van der Waals surface area contributed by atoms with E-state index in [9.17, 15) is 9.59 Å². The van der Waals surface area contributed by atoms with E-state index in [0.29, 0.717) is 17.3 Å². The number of aryl methyl sites for hydroxylation is 1. The highest BCUT2D eigenvalue weighted by atomic mass is 16.5. The summed E-state index contributed by atoms with van der Waals surface area (Å²) < 4.78 is 6.59. The lowest BCUT2D eigenvalue weighted by molar-refractivity contribution is 0.0342. The highest BCUT2D eigenvalue weighted by molar-refractivity contribution is 6.04. The zero-order valence-corrected chi connectivity index (χ0v) is 16.4. The van der Waals surface area contributed by atoms with Crippen LogP contribution < -0.4 is 10.9 Å². The highest BCUT2D eigenvalue weighted by Gasteiger charge is 2.15. The second-order valence-electron chi connectivity index (χ2n) is 7.21. The molecule has 1 N–H and O–H groups in total. The van der Waals surface area contributed by atoms with Gasteiger partial charge in [0.25, 0.3) is 11.5 Å². The first-order chi connectivity index (χ1) is 14.1. The largest absolute Gasteiger partial charge is 0.379 e. The lowest BCUT2D eigenvalue weighted by Gasteiger charge is -2.26. The maximum absolute atomic E-state index is 12.7. The number of aromatic nitrogens is 2. The van der Waals surface area contributed by atoms with E-state index in [-0.39, 0.29) is 17.2 Å². The summed E-state index contributed by atoms with van der Waals surface area (Å²) in [6.45, 7) is 4.80. The average molecular weight is 392 g/mol. The van der Waals surface area contributed by atoms with Gasteiger partial charge in [0.05, 0.1) is 18.6 Å². The molecule has 1 fully saturated rings. The van der Waals surface area contributed by atoms with Crippen molar-refractivity contribution >= 4 is 16.7 Å². The zero-order valence-electron chi connectivity index (χ0n) is 16.4. The van der Waals surface area contributed by atoms with Gasteiger partial charge in [0.15, 0.2) is 5.69 Å². The molecule has 4 rings (SSSR count). The van der Waals surface area contributed by atoms with Crippen LogP contribution in [0.25, 0.3) is 10.8 Å². The molecule has 0 radical (unpaired) electrons. The van der Waals surface area contributed by atoms with Crippen LogP contribution in [0.2, 0.25) is 0 Å². The molecule has 7 nitrogen and oxygen atoms in total. The summed E-state index contributed by atoms with van der Waals surface area (Å²) in [6, 6.07) is 15.3. The maximum atomic E-state index is 12.7. The molecule has 2 heterocycles. The van der Waals surface area contributed by atoms with E-state index in [1.165, 1.54) is 10.2 Å². The third-order valence-electron chi connectivity index (χ3n) is 5.16. The summed E-state index contributed by atoms with van der Waals surface area (Å²) in [5, 5.41) is 8.13. The molecule has 0 bridgehead atoms. The fourth-order valence-electron chi connectivity index (χ4n) is 3.51. The Hall–Kier alpha value is -3.03. The molecule has 1 amide bonds. The summed E-state index contributed by atoms with van der Waals surface area (Å²) in [7, 11) is 1.55. The number of amides is 1. The number of hydrogen-bond acceptors (Lipinski definition) is 5. The zero-order chi connectivity index (χ0) is 20.2. The van der Waals surface area contributed by atoms with Crippen molar-refractivity contribution in [2.24, 2.45) is 7.05 Å². The Balaban J connectivity index is 1.43. The van der Waals surface area contributed by atoms with Gasteiger partial charge in [-0.05, 0) is 17.2 Å². The van der Waals surface area contributed by atoms with Crippen LogP contribution in [0.3, 0.4) is 0 Å². The van der Waals surface area contributed by atoms with E-state index < -0.39 is 0 Å². The van der Waals surface area contributed by atoms with Gasteiger partial charge in [0.2, 0.25) is 0 Å². The molecule has 29 heavy (non-hydrogen) atoms. The number of benzene rings is 2. The summed E-state index contributed by atoms with van der Waals surface area (Å²) in [4.78, 5) is 27.3. The maximum Gasteiger partial charge on any atom is 0.274 e. The Morgan fingerprint density at radius 3 is 2.41 bits per heavy atom. The van der Waals surface area contributed by atoms with Gasteiger partial charge in [-0.2, -0.15) is 5.10 Å². The van der Waals surface area contributed by atoms with Crippen molar-refractivity contribution in [3.05, 3.63) is 75.7 Å². The number of hydrogen-bond donors (Lipinski definition) is 1. The Bertz CT molecular complexity index is 1070. The van der Waals surface area contributed by atoms with Crippen LogP contribution in [0.1, 0.15) is 21.6 Å². The molecule has 0 unspecified atom stereocenters. The predicted octanol–water partition coefficient (Wildman–Crippen LogP) is 1.70. The third-order valence-corrected chi connectivity index (χ3v) is 5.16. The minimum Gasteiger partial charge on any atom is -0.379 e. The summed E-state index contributed by atoms with van der Waals surface area (Å²) in [5.74, 6) is -0.297. The minimum absolute atomic E-state index is 0.215. The second kappa shape index (κ2) is 8.55. The SMILES string of the molecule is Cn1nc(C(=O)NCc2ccc(CN3CCOCC3)cc2)c2ccccc2c1=O. The van der Waals surface area contributed by atoms with Gasteiger partial charge >= 0.3 is 0 Å². The quantitative estimate of drug-likeness (QED) is 0.715. The first-order valence-corrected chi connectivity index (χ1v) is 9.74. The molecule has 7 heteroatoms. The van der Waals surface area contributed by atoms with Crippen LogP contribution in [-0.4, -0.2) is 46.9 Å². The monoisotopic (exact) mass is 392 g/mol. The molecule has 1 aromatic heterocycles. The van der Waals surface area contributed by atoms with Crippen molar-refractivity contribution in [2.75, 3.05) is 26.3 Å². The van der Waals surface area contributed by atoms with Crippen molar-refractivity contribution in [1.82, 2.24) is 20.0 Å². The van der Waals surface area contributed by atoms with Crippen molar-refractivity contribution in [2.45, 2.75) is 13.1 Å². The number of morpholine rings is 1. The van der Waals surface area contributed by atoms with Crippen LogP contribution in [0.5, 0.6) is 0 Å². The van der Waals surface area contributed by atoms with Crippen LogP contribution in [0.15, 0.2) is 53.3 Å². The molecule has 1 saturated heterocycles. The lowest BCUT2D eigenvalue weighted by atomic mass is 10.1. The fraction of sp³-hybridized carbons (Fsp3) is 0.318. The van der Waals surface area contributed by atoms with Gasteiger partial charge in [-0.3, -0.25) is 14.5 Å². The smallest absolute Gasteiger partial charge is 0.274 e. The third kappa shape index (κ3) is 4.36. The highest BCUT2D eigenvalue weighted by Crippen LogP contribution is 2.13. The normalized spacial score (nSPS) is 14.8. The number of nitrogens with zero attached hydrogens (tertiary/aromatic N) is 3. The van der Waals surface area contributed by atoms with Gasteiger partial charge in [-0.15, -0.1) is 0 Å². The number of carbonyl (C=O) groups is 1. The Kier molecular flexibility index (Phi) is 5.69. The minimum atomic E-state index is -0.297. The average Bonchev–Trinajstić information content (AvgIpc) is 2.76. The van der Waals surface area contributed by atoms with Crippen LogP contribution >= 0.6 is 0 Å². The number of nitrogens with one attached hydrogen (secondary N) is 1. The molecule has 150 valence electrons. The van der Waals surface area contributed by atoms with Gasteiger partial charge in [-0.1, -0.05) is 42.5 Å². The Morgan fingerprint density at radius 1 is 1.03 bits per heavy atom. The Labute approximate surface area is 168 Å². The summed E-state index contributed by atoms with van der Waals surface area (Å²) in [5.41, 5.74) is 2.30. The molecule has 2 aromatic carbocycles. The van der Waals surface area contributed by atoms with Gasteiger partial charge < -0.3 is 10.1 Å². The standard InChI is InChI=1S/C22H24N4O3/c1-25-22(28)19-5-3-2-4-18(19)20(24-25)21(27)23-14-16-6-8-17(9-7-16)15-26-10-12-29-13-11-26/h2-9H,10-15H2,1H3,(H,23,27). The topological polar surface area (TPSA) is 76.5 Å². The van der Waals surface area contributed by atoms with Crippen molar-refractivity contribution in [3.8, 4) is 0 Å². The molecule has 0 aliphatic carbocycles.